The van der Waals surface area contributed by atoms with Crippen LogP contribution in [0.3, 0.4) is 0 Å². The molecule has 0 saturated carbocycles. The van der Waals surface area contributed by atoms with E-state index in [9.17, 15) is 14.0 Å². The molecular weight excluding hydrogens is 241 g/mol. The topological polar surface area (TPSA) is 77.8 Å². The summed E-state index contributed by atoms with van der Waals surface area (Å²) >= 11 is 0. The molecular formula is C12H14FNO4. The van der Waals surface area contributed by atoms with Gasteiger partial charge < -0.3 is 10.2 Å². The van der Waals surface area contributed by atoms with Crippen molar-refractivity contribution in [2.75, 3.05) is 13.1 Å². The Hall–Kier alpha value is -1.95. The van der Waals surface area contributed by atoms with E-state index in [-0.39, 0.29) is 5.56 Å². The monoisotopic (exact) mass is 255 g/mol. The maximum Gasteiger partial charge on any atom is 0.317 e. The van der Waals surface area contributed by atoms with Crippen molar-refractivity contribution >= 4 is 11.9 Å². The summed E-state index contributed by atoms with van der Waals surface area (Å²) in [6, 6.07) is 5.28. The van der Waals surface area contributed by atoms with Crippen LogP contribution in [0.4, 0.5) is 4.39 Å². The third-order valence-corrected chi connectivity index (χ3v) is 2.58. The van der Waals surface area contributed by atoms with Crippen molar-refractivity contribution in [2.24, 2.45) is 0 Å². The van der Waals surface area contributed by atoms with Crippen molar-refractivity contribution in [2.45, 2.75) is 13.0 Å². The van der Waals surface area contributed by atoms with Crippen molar-refractivity contribution in [1.29, 1.82) is 0 Å². The molecule has 0 saturated heterocycles. The summed E-state index contributed by atoms with van der Waals surface area (Å²) in [6.07, 6.45) is 0. The first-order valence-corrected chi connectivity index (χ1v) is 5.34. The van der Waals surface area contributed by atoms with Crippen molar-refractivity contribution in [3.05, 3.63) is 35.6 Å². The summed E-state index contributed by atoms with van der Waals surface area (Å²) in [4.78, 5) is 22.6. The van der Waals surface area contributed by atoms with Crippen LogP contribution >= 0.6 is 0 Å². The second-order valence-electron chi connectivity index (χ2n) is 3.89. The molecule has 0 heterocycles. The van der Waals surface area contributed by atoms with Gasteiger partial charge in [0.15, 0.2) is 0 Å². The molecule has 1 unspecified atom stereocenters. The van der Waals surface area contributed by atoms with Crippen molar-refractivity contribution < 1.29 is 24.2 Å². The van der Waals surface area contributed by atoms with Crippen LogP contribution in [0, 0.1) is 5.82 Å². The molecule has 2 N–H and O–H groups in total. The van der Waals surface area contributed by atoms with Crippen molar-refractivity contribution in [1.82, 2.24) is 4.90 Å². The molecule has 98 valence electrons. The van der Waals surface area contributed by atoms with Gasteiger partial charge >= 0.3 is 11.9 Å². The van der Waals surface area contributed by atoms with Gasteiger partial charge in [-0.3, -0.25) is 14.5 Å². The number of aliphatic carboxylic acids is 2. The molecule has 5 nitrogen and oxygen atoms in total. The minimum atomic E-state index is -1.15. The van der Waals surface area contributed by atoms with Gasteiger partial charge in [0.25, 0.3) is 0 Å². The van der Waals surface area contributed by atoms with Gasteiger partial charge in [0.1, 0.15) is 5.82 Å². The van der Waals surface area contributed by atoms with E-state index < -0.39 is 36.9 Å². The van der Waals surface area contributed by atoms with Gasteiger partial charge in [-0.15, -0.1) is 0 Å². The SMILES string of the molecule is CC(c1ccccc1F)N(CC(=O)O)CC(=O)O. The number of carboxylic acids is 2. The Labute approximate surface area is 103 Å². The minimum absolute atomic E-state index is 0.278. The number of carboxylic acid groups (broad SMARTS) is 2. The van der Waals surface area contributed by atoms with E-state index in [4.69, 9.17) is 10.2 Å². The molecule has 0 aromatic heterocycles. The van der Waals surface area contributed by atoms with Crippen LogP contribution in [0.15, 0.2) is 24.3 Å². The van der Waals surface area contributed by atoms with Crippen molar-refractivity contribution in [3.8, 4) is 0 Å². The van der Waals surface area contributed by atoms with Gasteiger partial charge in [-0.25, -0.2) is 4.39 Å². The number of carbonyl (C=O) groups is 2. The van der Waals surface area contributed by atoms with E-state index in [0.29, 0.717) is 0 Å². The van der Waals surface area contributed by atoms with E-state index in [0.717, 1.165) is 0 Å². The molecule has 0 fully saturated rings. The lowest BCUT2D eigenvalue weighted by Crippen LogP contribution is -2.36. The number of hydrogen-bond acceptors (Lipinski definition) is 3. The Morgan fingerprint density at radius 2 is 1.72 bits per heavy atom. The van der Waals surface area contributed by atoms with Crippen LogP contribution in [0.5, 0.6) is 0 Å². The lowest BCUT2D eigenvalue weighted by molar-refractivity contribution is -0.142. The molecule has 0 aliphatic carbocycles. The van der Waals surface area contributed by atoms with Gasteiger partial charge in [0, 0.05) is 11.6 Å². The van der Waals surface area contributed by atoms with E-state index >= 15 is 0 Å². The second kappa shape index (κ2) is 6.11. The standard InChI is InChI=1S/C12H14FNO4/c1-8(9-4-2-3-5-10(9)13)14(6-11(15)16)7-12(17)18/h2-5,8H,6-7H2,1H3,(H,15,16)(H,17,18). The Kier molecular flexibility index (Phi) is 4.79. The van der Waals surface area contributed by atoms with Gasteiger partial charge in [-0.05, 0) is 13.0 Å². The molecule has 0 radical (unpaired) electrons. The summed E-state index contributed by atoms with van der Waals surface area (Å²) in [6.45, 7) is 0.661. The van der Waals surface area contributed by atoms with Gasteiger partial charge in [0.05, 0.1) is 13.1 Å². The van der Waals surface area contributed by atoms with Crippen LogP contribution in [-0.2, 0) is 9.59 Å². The Bertz CT molecular complexity index is 433. The fourth-order valence-corrected chi connectivity index (χ4v) is 1.69. The van der Waals surface area contributed by atoms with E-state index in [2.05, 4.69) is 0 Å². The predicted octanol–water partition coefficient (Wildman–Crippen LogP) is 1.36. The average molecular weight is 255 g/mol. The number of hydrogen-bond donors (Lipinski definition) is 2. The summed E-state index contributed by atoms with van der Waals surface area (Å²) in [7, 11) is 0. The van der Waals surface area contributed by atoms with Crippen LogP contribution in [0.25, 0.3) is 0 Å². The third kappa shape index (κ3) is 3.81. The molecule has 0 aliphatic rings. The Morgan fingerprint density at radius 1 is 1.22 bits per heavy atom. The van der Waals surface area contributed by atoms with E-state index in [1.165, 1.54) is 23.1 Å². The fraction of sp³-hybridized carbons (Fsp3) is 0.333. The molecule has 0 aliphatic heterocycles. The third-order valence-electron chi connectivity index (χ3n) is 2.58. The Morgan fingerprint density at radius 3 is 2.17 bits per heavy atom. The smallest absolute Gasteiger partial charge is 0.317 e. The predicted molar refractivity (Wildman–Crippen MR) is 61.7 cm³/mol. The highest BCUT2D eigenvalue weighted by molar-refractivity contribution is 5.72. The Balaban J connectivity index is 2.94. The maximum absolute atomic E-state index is 13.6. The van der Waals surface area contributed by atoms with Crippen LogP contribution in [0.2, 0.25) is 0 Å². The van der Waals surface area contributed by atoms with Crippen LogP contribution < -0.4 is 0 Å². The molecule has 0 spiro atoms. The fourth-order valence-electron chi connectivity index (χ4n) is 1.69. The molecule has 18 heavy (non-hydrogen) atoms. The first kappa shape index (κ1) is 14.1. The molecule has 1 rings (SSSR count). The zero-order valence-corrected chi connectivity index (χ0v) is 9.84. The zero-order chi connectivity index (χ0) is 13.7. The van der Waals surface area contributed by atoms with Crippen molar-refractivity contribution in [3.63, 3.8) is 0 Å². The molecule has 1 aromatic carbocycles. The molecule has 1 atom stereocenters. The largest absolute Gasteiger partial charge is 0.480 e. The maximum atomic E-state index is 13.6. The van der Waals surface area contributed by atoms with Crippen LogP contribution in [0.1, 0.15) is 18.5 Å². The summed E-state index contributed by atoms with van der Waals surface area (Å²) in [5, 5.41) is 17.5. The summed E-state index contributed by atoms with van der Waals surface area (Å²) in [5.74, 6) is -2.79. The van der Waals surface area contributed by atoms with E-state index in [1.54, 1.807) is 13.0 Å². The average Bonchev–Trinajstić information content (AvgIpc) is 2.26. The normalized spacial score (nSPS) is 12.4. The highest BCUT2D eigenvalue weighted by Crippen LogP contribution is 2.22. The summed E-state index contributed by atoms with van der Waals surface area (Å²) in [5.41, 5.74) is 0.278. The minimum Gasteiger partial charge on any atom is -0.480 e. The molecule has 6 heteroatoms. The molecule has 1 aromatic rings. The lowest BCUT2D eigenvalue weighted by Gasteiger charge is -2.26. The van der Waals surface area contributed by atoms with Crippen LogP contribution in [-0.4, -0.2) is 40.1 Å². The molecule has 0 amide bonds. The molecule has 0 bridgehead atoms. The van der Waals surface area contributed by atoms with Gasteiger partial charge in [-0.2, -0.15) is 0 Å². The lowest BCUT2D eigenvalue weighted by atomic mass is 10.1. The summed E-state index contributed by atoms with van der Waals surface area (Å²) < 4.78 is 13.6. The quantitative estimate of drug-likeness (QED) is 0.802. The van der Waals surface area contributed by atoms with Gasteiger partial charge in [0.2, 0.25) is 0 Å². The number of nitrogens with zero attached hydrogens (tertiary/aromatic N) is 1. The van der Waals surface area contributed by atoms with E-state index in [1.807, 2.05) is 0 Å². The number of halogens is 1. The first-order chi connectivity index (χ1) is 8.41. The second-order valence-corrected chi connectivity index (χ2v) is 3.89. The first-order valence-electron chi connectivity index (χ1n) is 5.34. The van der Waals surface area contributed by atoms with Gasteiger partial charge in [-0.1, -0.05) is 18.2 Å². The highest BCUT2D eigenvalue weighted by Gasteiger charge is 2.22. The number of rotatable bonds is 6. The highest BCUT2D eigenvalue weighted by atomic mass is 19.1. The zero-order valence-electron chi connectivity index (χ0n) is 9.84. The number of benzene rings is 1.